The molecule has 0 fully saturated rings. The zero-order valence-electron chi connectivity index (χ0n) is 18.3. The summed E-state index contributed by atoms with van der Waals surface area (Å²) >= 11 is 0. The number of nitrogens with zero attached hydrogens (tertiary/aromatic N) is 5. The third-order valence-electron chi connectivity index (χ3n) is 5.72. The van der Waals surface area contributed by atoms with E-state index in [1.807, 2.05) is 62.6 Å². The highest BCUT2D eigenvalue weighted by atomic mass is 16.5. The molecule has 1 aliphatic heterocycles. The maximum atomic E-state index is 9.88. The molecule has 5 rings (SSSR count). The third-order valence-corrected chi connectivity index (χ3v) is 5.72. The molecule has 0 spiro atoms. The third kappa shape index (κ3) is 3.67. The van der Waals surface area contributed by atoms with Gasteiger partial charge in [-0.05, 0) is 29.8 Å². The number of likely N-dealkylation sites (N-methyl/N-ethyl adjacent to an activating group) is 1. The highest BCUT2D eigenvalue weighted by Crippen LogP contribution is 2.29. The van der Waals surface area contributed by atoms with Crippen LogP contribution in [0.25, 0.3) is 27.7 Å². The SMILES string of the molecule is CN1C=C(c2cn(C)nc2COc2ccc(-c3cccc4c3ncn4C)cc2)C=CC1O. The Morgan fingerprint density at radius 2 is 1.84 bits per heavy atom. The van der Waals surface area contributed by atoms with Crippen molar-refractivity contribution >= 4 is 16.6 Å². The lowest BCUT2D eigenvalue weighted by atomic mass is 10.0. The van der Waals surface area contributed by atoms with E-state index in [1.54, 1.807) is 15.7 Å². The van der Waals surface area contributed by atoms with Crippen LogP contribution in [0.2, 0.25) is 0 Å². The normalized spacial score (nSPS) is 15.9. The minimum atomic E-state index is -0.606. The summed E-state index contributed by atoms with van der Waals surface area (Å²) in [5, 5.41) is 14.4. The first-order chi connectivity index (χ1) is 15.5. The molecule has 0 saturated heterocycles. The molecule has 0 aliphatic carbocycles. The first-order valence-electron chi connectivity index (χ1n) is 10.5. The van der Waals surface area contributed by atoms with Gasteiger partial charge in [-0.1, -0.05) is 30.3 Å². The van der Waals surface area contributed by atoms with Crippen LogP contribution in [-0.4, -0.2) is 42.6 Å². The molecule has 0 bridgehead atoms. The smallest absolute Gasteiger partial charge is 0.145 e. The van der Waals surface area contributed by atoms with Crippen LogP contribution in [0.3, 0.4) is 0 Å². The van der Waals surface area contributed by atoms with E-state index in [-0.39, 0.29) is 0 Å². The average molecular weight is 428 g/mol. The van der Waals surface area contributed by atoms with E-state index in [4.69, 9.17) is 4.74 Å². The lowest BCUT2D eigenvalue weighted by Crippen LogP contribution is -2.26. The van der Waals surface area contributed by atoms with Crippen LogP contribution < -0.4 is 4.74 Å². The maximum absolute atomic E-state index is 9.88. The predicted octanol–water partition coefficient (Wildman–Crippen LogP) is 3.71. The average Bonchev–Trinajstić information content (AvgIpc) is 3.37. The van der Waals surface area contributed by atoms with Crippen molar-refractivity contribution < 1.29 is 9.84 Å². The number of para-hydroxylation sites is 1. The van der Waals surface area contributed by atoms with Crippen LogP contribution in [0.4, 0.5) is 0 Å². The van der Waals surface area contributed by atoms with Gasteiger partial charge in [0.1, 0.15) is 24.3 Å². The highest BCUT2D eigenvalue weighted by molar-refractivity contribution is 5.92. The molecular formula is C25H25N5O2. The number of imidazole rings is 1. The largest absolute Gasteiger partial charge is 0.487 e. The van der Waals surface area contributed by atoms with Crippen molar-refractivity contribution in [3.05, 3.63) is 84.6 Å². The minimum Gasteiger partial charge on any atom is -0.487 e. The van der Waals surface area contributed by atoms with Crippen LogP contribution in [-0.2, 0) is 20.7 Å². The van der Waals surface area contributed by atoms with Gasteiger partial charge in [0, 0.05) is 50.2 Å². The summed E-state index contributed by atoms with van der Waals surface area (Å²) in [5.41, 5.74) is 7.11. The Kier molecular flexibility index (Phi) is 5.03. The maximum Gasteiger partial charge on any atom is 0.145 e. The monoisotopic (exact) mass is 427 g/mol. The second kappa shape index (κ2) is 8.01. The van der Waals surface area contributed by atoms with E-state index in [1.165, 1.54) is 0 Å². The summed E-state index contributed by atoms with van der Waals surface area (Å²) in [7, 11) is 5.74. The lowest BCUT2D eigenvalue weighted by Gasteiger charge is -2.23. The van der Waals surface area contributed by atoms with Crippen molar-refractivity contribution in [2.75, 3.05) is 7.05 Å². The first-order valence-corrected chi connectivity index (χ1v) is 10.5. The number of allylic oxidation sites excluding steroid dienone is 2. The number of aliphatic hydroxyl groups excluding tert-OH is 1. The molecule has 0 radical (unpaired) electrons. The molecule has 7 heteroatoms. The van der Waals surface area contributed by atoms with Gasteiger partial charge in [-0.15, -0.1) is 0 Å². The highest BCUT2D eigenvalue weighted by Gasteiger charge is 2.17. The molecule has 2 aromatic carbocycles. The molecule has 0 saturated carbocycles. The molecule has 1 aliphatic rings. The molecule has 0 amide bonds. The molecule has 1 atom stereocenters. The quantitative estimate of drug-likeness (QED) is 0.526. The molecule has 2 aromatic heterocycles. The number of aliphatic hydroxyl groups is 1. The second-order valence-electron chi connectivity index (χ2n) is 8.03. The van der Waals surface area contributed by atoms with Crippen LogP contribution in [0.1, 0.15) is 11.3 Å². The van der Waals surface area contributed by atoms with Crippen molar-refractivity contribution in [1.29, 1.82) is 0 Å². The van der Waals surface area contributed by atoms with E-state index in [0.717, 1.165) is 44.7 Å². The second-order valence-corrected chi connectivity index (χ2v) is 8.03. The zero-order chi connectivity index (χ0) is 22.2. The molecular weight excluding hydrogens is 402 g/mol. The molecule has 1 N–H and O–H groups in total. The van der Waals surface area contributed by atoms with E-state index in [9.17, 15) is 5.11 Å². The summed E-state index contributed by atoms with van der Waals surface area (Å²) in [5.74, 6) is 0.777. The van der Waals surface area contributed by atoms with Gasteiger partial charge < -0.3 is 19.3 Å². The summed E-state index contributed by atoms with van der Waals surface area (Å²) in [6.45, 7) is 0.350. The van der Waals surface area contributed by atoms with Crippen molar-refractivity contribution in [3.8, 4) is 16.9 Å². The molecule has 7 nitrogen and oxygen atoms in total. The van der Waals surface area contributed by atoms with Gasteiger partial charge in [0.25, 0.3) is 0 Å². The number of fused-ring (bicyclic) bond motifs is 1. The van der Waals surface area contributed by atoms with E-state index in [0.29, 0.717) is 6.61 Å². The molecule has 1 unspecified atom stereocenters. The van der Waals surface area contributed by atoms with Crippen molar-refractivity contribution in [1.82, 2.24) is 24.2 Å². The first kappa shape index (κ1) is 20.1. The van der Waals surface area contributed by atoms with Gasteiger partial charge in [-0.25, -0.2) is 4.98 Å². The summed E-state index contributed by atoms with van der Waals surface area (Å²) in [4.78, 5) is 6.31. The number of rotatable bonds is 5. The molecule has 3 heterocycles. The number of aromatic nitrogens is 4. The summed E-state index contributed by atoms with van der Waals surface area (Å²) in [6, 6.07) is 14.3. The van der Waals surface area contributed by atoms with Gasteiger partial charge in [-0.3, -0.25) is 4.68 Å². The van der Waals surface area contributed by atoms with Crippen molar-refractivity contribution in [2.45, 2.75) is 12.8 Å². The van der Waals surface area contributed by atoms with Crippen LogP contribution in [0, 0.1) is 0 Å². The standard InChI is InChI=1S/C25H25N5O2/c1-28-13-18(9-12-24(28)31)21-14-30(3)27-22(21)15-32-19-10-7-17(8-11-19)20-5-4-6-23-25(20)26-16-29(23)2/h4-14,16,24,31H,15H2,1-3H3. The van der Waals surface area contributed by atoms with E-state index < -0.39 is 6.23 Å². The van der Waals surface area contributed by atoms with Gasteiger partial charge >= 0.3 is 0 Å². The van der Waals surface area contributed by atoms with Crippen LogP contribution in [0.5, 0.6) is 5.75 Å². The zero-order valence-corrected chi connectivity index (χ0v) is 18.3. The molecule has 162 valence electrons. The van der Waals surface area contributed by atoms with Gasteiger partial charge in [0.15, 0.2) is 0 Å². The Balaban J connectivity index is 1.35. The Labute approximate surface area is 186 Å². The summed E-state index contributed by atoms with van der Waals surface area (Å²) < 4.78 is 9.86. The number of aryl methyl sites for hydroxylation is 2. The fourth-order valence-corrected chi connectivity index (χ4v) is 3.98. The topological polar surface area (TPSA) is 68.3 Å². The number of hydrogen-bond acceptors (Lipinski definition) is 5. The predicted molar refractivity (Wildman–Crippen MR) is 125 cm³/mol. The molecule has 32 heavy (non-hydrogen) atoms. The fourth-order valence-electron chi connectivity index (χ4n) is 3.98. The van der Waals surface area contributed by atoms with Crippen molar-refractivity contribution in [2.24, 2.45) is 14.1 Å². The Morgan fingerprint density at radius 3 is 2.62 bits per heavy atom. The van der Waals surface area contributed by atoms with Gasteiger partial charge in [0.2, 0.25) is 0 Å². The Bertz CT molecular complexity index is 1330. The fraction of sp³-hybridized carbons (Fsp3) is 0.200. The summed E-state index contributed by atoms with van der Waals surface area (Å²) in [6.07, 6.45) is 8.79. The van der Waals surface area contributed by atoms with E-state index >= 15 is 0 Å². The van der Waals surface area contributed by atoms with Crippen molar-refractivity contribution in [3.63, 3.8) is 0 Å². The minimum absolute atomic E-state index is 0.350. The van der Waals surface area contributed by atoms with Crippen LogP contribution >= 0.6 is 0 Å². The van der Waals surface area contributed by atoms with Crippen LogP contribution in [0.15, 0.2) is 73.3 Å². The van der Waals surface area contributed by atoms with E-state index in [2.05, 4.69) is 40.4 Å². The lowest BCUT2D eigenvalue weighted by molar-refractivity contribution is 0.0980. The van der Waals surface area contributed by atoms with Gasteiger partial charge in [-0.2, -0.15) is 5.10 Å². The molecule has 4 aromatic rings. The number of hydrogen-bond donors (Lipinski definition) is 1. The Morgan fingerprint density at radius 1 is 1.03 bits per heavy atom. The number of benzene rings is 2. The Hall–Kier alpha value is -3.84. The van der Waals surface area contributed by atoms with Gasteiger partial charge in [0.05, 0.1) is 17.4 Å². The number of ether oxygens (including phenoxy) is 1.